The molecule has 1 amide bonds. The second kappa shape index (κ2) is 69.6. The maximum absolute atomic E-state index is 12.5. The van der Waals surface area contributed by atoms with E-state index in [1.165, 1.54) is 321 Å². The molecule has 2 atom stereocenters. The molecule has 0 spiro atoms. The molecule has 2 unspecified atom stereocenters. The number of aliphatic hydroxyl groups is 2. The molecular weight excluding hydrogens is 983 g/mol. The number of carbonyl (C=O) groups is 2. The number of aliphatic hydroxyl groups excluding tert-OH is 2. The van der Waals surface area contributed by atoms with Crippen molar-refractivity contribution >= 4 is 11.9 Å². The molecular formula is C74H141NO5. The van der Waals surface area contributed by atoms with Crippen LogP contribution in [0.25, 0.3) is 0 Å². The maximum atomic E-state index is 12.5. The number of unbranched alkanes of at least 4 members (excludes halogenated alkanes) is 53. The minimum atomic E-state index is -0.842. The topological polar surface area (TPSA) is 95.9 Å². The van der Waals surface area contributed by atoms with E-state index in [9.17, 15) is 19.8 Å². The highest BCUT2D eigenvalue weighted by atomic mass is 16.5. The highest BCUT2D eigenvalue weighted by Crippen LogP contribution is 2.19. The Bertz CT molecular complexity index is 1300. The number of allylic oxidation sites excluding steroid dienone is 5. The Hall–Kier alpha value is -1.92. The molecule has 0 heterocycles. The predicted molar refractivity (Wildman–Crippen MR) is 352 cm³/mol. The fourth-order valence-electron chi connectivity index (χ4n) is 11.4. The van der Waals surface area contributed by atoms with Crippen molar-refractivity contribution in [3.05, 3.63) is 36.5 Å². The van der Waals surface area contributed by atoms with Crippen LogP contribution in [0, 0.1) is 0 Å². The summed E-state index contributed by atoms with van der Waals surface area (Å²) < 4.78 is 5.48. The van der Waals surface area contributed by atoms with Crippen molar-refractivity contribution in [1.82, 2.24) is 5.32 Å². The largest absolute Gasteiger partial charge is 0.466 e. The first-order valence-corrected chi connectivity index (χ1v) is 36.3. The van der Waals surface area contributed by atoms with Crippen molar-refractivity contribution in [2.75, 3.05) is 13.2 Å². The van der Waals surface area contributed by atoms with Gasteiger partial charge in [0.2, 0.25) is 5.91 Å². The normalized spacial score (nSPS) is 12.7. The Balaban J connectivity index is 3.35. The van der Waals surface area contributed by atoms with Crippen LogP contribution in [0.15, 0.2) is 36.5 Å². The van der Waals surface area contributed by atoms with Gasteiger partial charge in [0.15, 0.2) is 0 Å². The van der Waals surface area contributed by atoms with Gasteiger partial charge in [-0.3, -0.25) is 9.59 Å². The summed E-state index contributed by atoms with van der Waals surface area (Å²) in [6.45, 7) is 4.87. The van der Waals surface area contributed by atoms with Gasteiger partial charge in [-0.05, 0) is 57.8 Å². The molecule has 472 valence electrons. The van der Waals surface area contributed by atoms with Gasteiger partial charge in [0.05, 0.1) is 25.4 Å². The molecule has 0 radical (unpaired) electrons. The lowest BCUT2D eigenvalue weighted by Gasteiger charge is -2.20. The summed E-state index contributed by atoms with van der Waals surface area (Å²) >= 11 is 0. The van der Waals surface area contributed by atoms with Crippen molar-refractivity contribution < 1.29 is 24.5 Å². The molecule has 6 nitrogen and oxygen atoms in total. The summed E-state index contributed by atoms with van der Waals surface area (Å²) in [7, 11) is 0. The lowest BCUT2D eigenvalue weighted by Crippen LogP contribution is -2.45. The summed E-state index contributed by atoms with van der Waals surface area (Å²) in [4.78, 5) is 24.6. The van der Waals surface area contributed by atoms with E-state index in [0.29, 0.717) is 19.4 Å². The Labute approximate surface area is 500 Å². The molecule has 0 aliphatic carbocycles. The molecule has 0 bridgehead atoms. The molecule has 0 aliphatic heterocycles. The first kappa shape index (κ1) is 78.1. The fourth-order valence-corrected chi connectivity index (χ4v) is 11.4. The minimum Gasteiger partial charge on any atom is -0.466 e. The van der Waals surface area contributed by atoms with Crippen molar-refractivity contribution in [3.8, 4) is 0 Å². The fraction of sp³-hybridized carbons (Fsp3) is 0.892. The Kier molecular flexibility index (Phi) is 67.9. The van der Waals surface area contributed by atoms with Gasteiger partial charge in [0, 0.05) is 12.8 Å². The van der Waals surface area contributed by atoms with Crippen molar-refractivity contribution in [3.63, 3.8) is 0 Å². The molecule has 0 aromatic carbocycles. The number of amides is 1. The second-order valence-corrected chi connectivity index (χ2v) is 24.9. The van der Waals surface area contributed by atoms with E-state index in [1.54, 1.807) is 6.08 Å². The lowest BCUT2D eigenvalue weighted by atomic mass is 10.0. The van der Waals surface area contributed by atoms with Crippen molar-refractivity contribution in [2.45, 2.75) is 411 Å². The quantitative estimate of drug-likeness (QED) is 0.0320. The standard InChI is InChI=1S/C74H141NO5/c1-3-5-7-9-11-13-15-17-18-19-36-39-43-46-50-54-58-62-66-72(77)71(70-76)75-73(78)67-63-59-55-51-47-44-40-37-34-32-30-28-26-24-22-20-21-23-25-27-29-31-33-35-38-41-45-49-53-57-61-65-69-80-74(79)68-64-60-56-52-48-42-16-14-12-10-8-6-4-2/h8,10,14,16,62,66,71-72,76-77H,3-7,9,11-13,15,17-61,63-65,67-70H2,1-2H3,(H,75,78)/b10-8-,16-14-,66-62+. The smallest absolute Gasteiger partial charge is 0.305 e. The SMILES string of the molecule is CCC/C=C\C/C=C\CCCCCCCC(=O)OCCCCCCCCCCCCCCCCCCCCCCCCCCCCCCCCCCC(=O)NC(CO)C(O)/C=C/CCCCCCCCCCCCCCCCCC. The highest BCUT2D eigenvalue weighted by molar-refractivity contribution is 5.76. The van der Waals surface area contributed by atoms with E-state index in [-0.39, 0.29) is 18.5 Å². The van der Waals surface area contributed by atoms with E-state index in [4.69, 9.17) is 4.74 Å². The van der Waals surface area contributed by atoms with E-state index in [2.05, 4.69) is 43.5 Å². The molecule has 3 N–H and O–H groups in total. The summed E-state index contributed by atoms with van der Waals surface area (Å²) in [6, 6.07) is -0.625. The van der Waals surface area contributed by atoms with Crippen molar-refractivity contribution in [1.29, 1.82) is 0 Å². The molecule has 80 heavy (non-hydrogen) atoms. The van der Waals surface area contributed by atoms with Crippen LogP contribution in [0.3, 0.4) is 0 Å². The molecule has 0 aliphatic rings. The number of ether oxygens (including phenoxy) is 1. The van der Waals surface area contributed by atoms with Gasteiger partial charge in [0.25, 0.3) is 0 Å². The van der Waals surface area contributed by atoms with E-state index < -0.39 is 12.1 Å². The van der Waals surface area contributed by atoms with Crippen LogP contribution in [0.4, 0.5) is 0 Å². The second-order valence-electron chi connectivity index (χ2n) is 24.9. The number of hydrogen-bond donors (Lipinski definition) is 3. The van der Waals surface area contributed by atoms with Crippen LogP contribution in [0.2, 0.25) is 0 Å². The zero-order chi connectivity index (χ0) is 57.8. The molecule has 6 heteroatoms. The first-order chi connectivity index (χ1) is 39.5. The maximum Gasteiger partial charge on any atom is 0.305 e. The predicted octanol–water partition coefficient (Wildman–Crippen LogP) is 23.5. The van der Waals surface area contributed by atoms with Gasteiger partial charge in [-0.25, -0.2) is 0 Å². The van der Waals surface area contributed by atoms with Gasteiger partial charge in [-0.15, -0.1) is 0 Å². The Morgan fingerprint density at radius 1 is 0.350 bits per heavy atom. The van der Waals surface area contributed by atoms with Crippen LogP contribution in [0.1, 0.15) is 399 Å². The number of carbonyl (C=O) groups excluding carboxylic acids is 2. The zero-order valence-electron chi connectivity index (χ0n) is 54.1. The summed E-state index contributed by atoms with van der Waals surface area (Å²) in [5, 5.41) is 23.2. The Morgan fingerprint density at radius 2 is 0.650 bits per heavy atom. The van der Waals surface area contributed by atoms with Crippen LogP contribution in [0.5, 0.6) is 0 Å². The Morgan fingerprint density at radius 3 is 1.00 bits per heavy atom. The van der Waals surface area contributed by atoms with E-state index >= 15 is 0 Å². The number of rotatable bonds is 68. The molecule has 0 saturated heterocycles. The highest BCUT2D eigenvalue weighted by Gasteiger charge is 2.18. The third kappa shape index (κ3) is 65.2. The summed E-state index contributed by atoms with van der Waals surface area (Å²) in [5.41, 5.74) is 0. The van der Waals surface area contributed by atoms with Gasteiger partial charge >= 0.3 is 5.97 Å². The average Bonchev–Trinajstić information content (AvgIpc) is 3.46. The van der Waals surface area contributed by atoms with Crippen LogP contribution in [-0.2, 0) is 14.3 Å². The zero-order valence-corrected chi connectivity index (χ0v) is 54.1. The van der Waals surface area contributed by atoms with Gasteiger partial charge in [0.1, 0.15) is 0 Å². The first-order valence-electron chi connectivity index (χ1n) is 36.3. The van der Waals surface area contributed by atoms with E-state index in [0.717, 1.165) is 51.4 Å². The third-order valence-electron chi connectivity index (χ3n) is 16.9. The van der Waals surface area contributed by atoms with Crippen LogP contribution < -0.4 is 5.32 Å². The van der Waals surface area contributed by atoms with Gasteiger partial charge < -0.3 is 20.3 Å². The van der Waals surface area contributed by atoms with Crippen molar-refractivity contribution in [2.24, 2.45) is 0 Å². The summed E-state index contributed by atoms with van der Waals surface area (Å²) in [6.07, 6.45) is 89.6. The molecule has 0 aromatic rings. The molecule has 0 aromatic heterocycles. The third-order valence-corrected chi connectivity index (χ3v) is 16.9. The minimum absolute atomic E-state index is 0.00584. The van der Waals surface area contributed by atoms with Crippen LogP contribution in [-0.4, -0.2) is 47.4 Å². The number of nitrogens with one attached hydrogen (secondary N) is 1. The average molecular weight is 1120 g/mol. The molecule has 0 fully saturated rings. The summed E-state index contributed by atoms with van der Waals surface area (Å²) in [5.74, 6) is -0.0544. The van der Waals surface area contributed by atoms with Gasteiger partial charge in [-0.1, -0.05) is 365 Å². The number of hydrogen-bond acceptors (Lipinski definition) is 5. The monoisotopic (exact) mass is 1120 g/mol. The molecule has 0 saturated carbocycles. The van der Waals surface area contributed by atoms with Crippen LogP contribution >= 0.6 is 0 Å². The van der Waals surface area contributed by atoms with E-state index in [1.807, 2.05) is 6.08 Å². The number of esters is 1. The van der Waals surface area contributed by atoms with Gasteiger partial charge in [-0.2, -0.15) is 0 Å². The lowest BCUT2D eigenvalue weighted by molar-refractivity contribution is -0.143. The molecule has 0 rings (SSSR count).